The molecule has 0 radical (unpaired) electrons. The highest BCUT2D eigenvalue weighted by molar-refractivity contribution is 5.97. The Hall–Kier alpha value is -4.83. The van der Waals surface area contributed by atoms with Gasteiger partial charge in [0, 0.05) is 33.4 Å². The van der Waals surface area contributed by atoms with Crippen molar-refractivity contribution in [3.63, 3.8) is 0 Å². The molecule has 0 amide bonds. The SMILES string of the molecule is c1ccc(-c2cc(-c3c(-c4ccccc4)n[nH]c3-c3ccccc3)c(-c3ccccc3)nn2)cc1. The van der Waals surface area contributed by atoms with Crippen molar-refractivity contribution in [2.75, 3.05) is 0 Å². The van der Waals surface area contributed by atoms with Crippen LogP contribution in [0.2, 0.25) is 0 Å². The van der Waals surface area contributed by atoms with E-state index >= 15 is 0 Å². The van der Waals surface area contributed by atoms with Gasteiger partial charge in [-0.15, -0.1) is 10.2 Å². The van der Waals surface area contributed by atoms with Crippen molar-refractivity contribution in [3.05, 3.63) is 127 Å². The number of hydrogen-bond acceptors (Lipinski definition) is 3. The molecule has 6 rings (SSSR count). The molecule has 166 valence electrons. The summed E-state index contributed by atoms with van der Waals surface area (Å²) in [5, 5.41) is 17.5. The number of H-pyrrole nitrogens is 1. The Bertz CT molecular complexity index is 1500. The second-order valence-electron chi connectivity index (χ2n) is 8.28. The second-order valence-corrected chi connectivity index (χ2v) is 8.28. The molecule has 6 aromatic rings. The first-order valence-corrected chi connectivity index (χ1v) is 11.6. The van der Waals surface area contributed by atoms with Gasteiger partial charge >= 0.3 is 0 Å². The monoisotopic (exact) mass is 450 g/mol. The Morgan fingerprint density at radius 1 is 0.457 bits per heavy atom. The molecule has 0 saturated carbocycles. The Balaban J connectivity index is 1.67. The summed E-state index contributed by atoms with van der Waals surface area (Å²) in [4.78, 5) is 0. The quantitative estimate of drug-likeness (QED) is 0.295. The zero-order valence-electron chi connectivity index (χ0n) is 19.0. The molecule has 4 heteroatoms. The Morgan fingerprint density at radius 3 is 1.51 bits per heavy atom. The molecule has 0 fully saturated rings. The summed E-state index contributed by atoms with van der Waals surface area (Å²) in [6.07, 6.45) is 0. The molecule has 0 aliphatic heterocycles. The van der Waals surface area contributed by atoms with Gasteiger partial charge in [0.05, 0.1) is 11.4 Å². The van der Waals surface area contributed by atoms with Crippen LogP contribution in [0.15, 0.2) is 127 Å². The summed E-state index contributed by atoms with van der Waals surface area (Å²) >= 11 is 0. The van der Waals surface area contributed by atoms with Crippen molar-refractivity contribution in [2.24, 2.45) is 0 Å². The van der Waals surface area contributed by atoms with Gasteiger partial charge in [0.15, 0.2) is 0 Å². The fourth-order valence-electron chi connectivity index (χ4n) is 4.36. The lowest BCUT2D eigenvalue weighted by Gasteiger charge is -2.13. The predicted octanol–water partition coefficient (Wildman–Crippen LogP) is 7.53. The van der Waals surface area contributed by atoms with E-state index < -0.39 is 0 Å². The number of nitrogens with zero attached hydrogens (tertiary/aromatic N) is 3. The molecular weight excluding hydrogens is 428 g/mol. The van der Waals surface area contributed by atoms with Crippen molar-refractivity contribution in [1.82, 2.24) is 20.4 Å². The average Bonchev–Trinajstić information content (AvgIpc) is 3.40. The Labute approximate surface area is 204 Å². The van der Waals surface area contributed by atoms with E-state index in [1.165, 1.54) is 0 Å². The van der Waals surface area contributed by atoms with Crippen molar-refractivity contribution in [2.45, 2.75) is 0 Å². The standard InChI is InChI=1S/C31H22N4/c1-5-13-22(14-6-1)27-21-26(29(33-32-27)23-15-7-2-8-16-23)28-30(24-17-9-3-10-18-24)34-35-31(28)25-19-11-4-12-20-25/h1-21H,(H,34,35). The number of hydrogen-bond donors (Lipinski definition) is 1. The molecule has 0 unspecified atom stereocenters. The Kier molecular flexibility index (Phi) is 5.45. The third kappa shape index (κ3) is 4.02. The molecular formula is C31H22N4. The first kappa shape index (κ1) is 20.8. The van der Waals surface area contributed by atoms with Gasteiger partial charge in [0.2, 0.25) is 0 Å². The van der Waals surface area contributed by atoms with Gasteiger partial charge in [-0.05, 0) is 6.07 Å². The fraction of sp³-hybridized carbons (Fsp3) is 0. The predicted molar refractivity (Wildman–Crippen MR) is 141 cm³/mol. The van der Waals surface area contributed by atoms with Crippen LogP contribution in [0.5, 0.6) is 0 Å². The second kappa shape index (κ2) is 9.20. The molecule has 0 aliphatic carbocycles. The summed E-state index contributed by atoms with van der Waals surface area (Å²) < 4.78 is 0. The first-order valence-electron chi connectivity index (χ1n) is 11.6. The molecule has 4 nitrogen and oxygen atoms in total. The van der Waals surface area contributed by atoms with Crippen LogP contribution in [-0.2, 0) is 0 Å². The van der Waals surface area contributed by atoms with Crippen LogP contribution < -0.4 is 0 Å². The van der Waals surface area contributed by atoms with E-state index in [9.17, 15) is 0 Å². The zero-order valence-corrected chi connectivity index (χ0v) is 19.0. The third-order valence-electron chi connectivity index (χ3n) is 6.06. The van der Waals surface area contributed by atoms with E-state index in [1.54, 1.807) is 0 Å². The summed E-state index contributed by atoms with van der Waals surface area (Å²) in [5.41, 5.74) is 9.60. The van der Waals surface area contributed by atoms with Gasteiger partial charge in [0.1, 0.15) is 11.4 Å². The summed E-state index contributed by atoms with van der Waals surface area (Å²) in [6, 6.07) is 43.1. The van der Waals surface area contributed by atoms with Crippen LogP contribution in [0.4, 0.5) is 0 Å². The molecule has 0 aliphatic rings. The summed E-state index contributed by atoms with van der Waals surface area (Å²) in [7, 11) is 0. The number of rotatable bonds is 5. The molecule has 0 bridgehead atoms. The maximum Gasteiger partial charge on any atom is 0.101 e. The highest BCUT2D eigenvalue weighted by Gasteiger charge is 2.23. The van der Waals surface area contributed by atoms with Crippen LogP contribution in [-0.4, -0.2) is 20.4 Å². The van der Waals surface area contributed by atoms with Gasteiger partial charge in [-0.2, -0.15) is 5.10 Å². The van der Waals surface area contributed by atoms with Gasteiger partial charge in [-0.3, -0.25) is 5.10 Å². The van der Waals surface area contributed by atoms with Crippen molar-refractivity contribution >= 4 is 0 Å². The van der Waals surface area contributed by atoms with E-state index in [2.05, 4.69) is 64.8 Å². The third-order valence-corrected chi connectivity index (χ3v) is 6.06. The molecule has 35 heavy (non-hydrogen) atoms. The largest absolute Gasteiger partial charge is 0.277 e. The topological polar surface area (TPSA) is 54.5 Å². The van der Waals surface area contributed by atoms with Crippen molar-refractivity contribution < 1.29 is 0 Å². The zero-order chi connectivity index (χ0) is 23.5. The lowest BCUT2D eigenvalue weighted by Crippen LogP contribution is -1.97. The average molecular weight is 451 g/mol. The number of nitrogens with one attached hydrogen (secondary N) is 1. The molecule has 2 aromatic heterocycles. The molecule has 0 atom stereocenters. The maximum atomic E-state index is 4.80. The smallest absolute Gasteiger partial charge is 0.101 e. The lowest BCUT2D eigenvalue weighted by molar-refractivity contribution is 1.05. The van der Waals surface area contributed by atoms with Crippen LogP contribution in [0.25, 0.3) is 56.2 Å². The van der Waals surface area contributed by atoms with Gasteiger partial charge < -0.3 is 0 Å². The van der Waals surface area contributed by atoms with Crippen LogP contribution in [0.3, 0.4) is 0 Å². The molecule has 0 spiro atoms. The molecule has 1 N–H and O–H groups in total. The van der Waals surface area contributed by atoms with Crippen LogP contribution in [0.1, 0.15) is 0 Å². The number of aromatic amines is 1. The van der Waals surface area contributed by atoms with Crippen LogP contribution >= 0.6 is 0 Å². The van der Waals surface area contributed by atoms with Gasteiger partial charge in [0.25, 0.3) is 0 Å². The minimum absolute atomic E-state index is 0.819. The maximum absolute atomic E-state index is 4.80. The minimum atomic E-state index is 0.819. The summed E-state index contributed by atoms with van der Waals surface area (Å²) in [6.45, 7) is 0. The number of aromatic nitrogens is 4. The van der Waals surface area contributed by atoms with Crippen molar-refractivity contribution in [1.29, 1.82) is 0 Å². The highest BCUT2D eigenvalue weighted by atomic mass is 15.1. The van der Waals surface area contributed by atoms with E-state index in [4.69, 9.17) is 10.2 Å². The minimum Gasteiger partial charge on any atom is -0.277 e. The van der Waals surface area contributed by atoms with Crippen molar-refractivity contribution in [3.8, 4) is 56.2 Å². The normalized spacial score (nSPS) is 10.9. The molecule has 0 saturated heterocycles. The van der Waals surface area contributed by atoms with E-state index in [1.807, 2.05) is 72.8 Å². The molecule has 4 aromatic carbocycles. The van der Waals surface area contributed by atoms with Gasteiger partial charge in [-0.25, -0.2) is 0 Å². The van der Waals surface area contributed by atoms with E-state index in [0.29, 0.717) is 0 Å². The Morgan fingerprint density at radius 2 is 0.943 bits per heavy atom. The highest BCUT2D eigenvalue weighted by Crippen LogP contribution is 2.42. The van der Waals surface area contributed by atoms with E-state index in [0.717, 1.165) is 56.2 Å². The van der Waals surface area contributed by atoms with Crippen LogP contribution in [0, 0.1) is 0 Å². The number of benzene rings is 4. The van der Waals surface area contributed by atoms with E-state index in [-0.39, 0.29) is 0 Å². The van der Waals surface area contributed by atoms with Gasteiger partial charge in [-0.1, -0.05) is 121 Å². The molecule has 2 heterocycles. The first-order chi connectivity index (χ1) is 17.4. The fourth-order valence-corrected chi connectivity index (χ4v) is 4.36. The summed E-state index contributed by atoms with van der Waals surface area (Å²) in [5.74, 6) is 0. The lowest BCUT2D eigenvalue weighted by atomic mass is 9.92.